The Morgan fingerprint density at radius 1 is 1.44 bits per heavy atom. The summed E-state index contributed by atoms with van der Waals surface area (Å²) in [6.07, 6.45) is 2.67. The molecule has 2 N–H and O–H groups in total. The number of nitrogens with one attached hydrogen (secondary N) is 2. The summed E-state index contributed by atoms with van der Waals surface area (Å²) in [5, 5.41) is 6.01. The number of carbonyl (C=O) groups is 1. The van der Waals surface area contributed by atoms with Crippen LogP contribution in [0.15, 0.2) is 24.3 Å². The summed E-state index contributed by atoms with van der Waals surface area (Å²) in [5.41, 5.74) is 0.643. The van der Waals surface area contributed by atoms with Crippen LogP contribution in [0.3, 0.4) is 0 Å². The highest BCUT2D eigenvalue weighted by Gasteiger charge is 2.17. The molecule has 1 amide bonds. The first kappa shape index (κ1) is 11.1. The number of amides is 1. The second-order valence-corrected chi connectivity index (χ2v) is 4.05. The molecule has 86 valence electrons. The quantitative estimate of drug-likeness (QED) is 0.820. The first-order valence-corrected chi connectivity index (χ1v) is 5.53. The van der Waals surface area contributed by atoms with E-state index in [9.17, 15) is 9.18 Å². The molecule has 0 bridgehead atoms. The molecular weight excluding hydrogens is 207 g/mol. The fraction of sp³-hybridized carbons (Fsp3) is 0.417. The van der Waals surface area contributed by atoms with Gasteiger partial charge in [-0.1, -0.05) is 0 Å². The first-order valence-electron chi connectivity index (χ1n) is 5.53. The predicted octanol–water partition coefficient (Wildman–Crippen LogP) is 1.91. The number of carbonyl (C=O) groups excluding carboxylic acids is 1. The summed E-state index contributed by atoms with van der Waals surface area (Å²) in [5.74, 6) is -0.318. The van der Waals surface area contributed by atoms with Crippen molar-refractivity contribution in [3.8, 4) is 0 Å². The van der Waals surface area contributed by atoms with Gasteiger partial charge in [-0.15, -0.1) is 0 Å². The lowest BCUT2D eigenvalue weighted by Crippen LogP contribution is -2.27. The van der Waals surface area contributed by atoms with Crippen molar-refractivity contribution in [2.75, 3.05) is 11.9 Å². The minimum absolute atomic E-state index is 0.0222. The Morgan fingerprint density at radius 3 is 2.81 bits per heavy atom. The van der Waals surface area contributed by atoms with Crippen molar-refractivity contribution in [3.63, 3.8) is 0 Å². The number of anilines is 1. The molecule has 1 aromatic rings. The van der Waals surface area contributed by atoms with Crippen molar-refractivity contribution in [3.05, 3.63) is 30.1 Å². The highest BCUT2D eigenvalue weighted by Crippen LogP contribution is 2.12. The Morgan fingerprint density at radius 2 is 2.19 bits per heavy atom. The van der Waals surface area contributed by atoms with Crippen LogP contribution < -0.4 is 10.6 Å². The van der Waals surface area contributed by atoms with E-state index >= 15 is 0 Å². The zero-order chi connectivity index (χ0) is 11.4. The molecule has 1 atom stereocenters. The van der Waals surface area contributed by atoms with Crippen molar-refractivity contribution in [1.29, 1.82) is 0 Å². The van der Waals surface area contributed by atoms with Gasteiger partial charge < -0.3 is 10.6 Å². The van der Waals surface area contributed by atoms with E-state index in [1.54, 1.807) is 12.1 Å². The molecule has 2 rings (SSSR count). The summed E-state index contributed by atoms with van der Waals surface area (Å²) in [6.45, 7) is 0.995. The molecule has 0 saturated carbocycles. The van der Waals surface area contributed by atoms with Crippen LogP contribution in [0.2, 0.25) is 0 Å². The van der Waals surface area contributed by atoms with Crippen LogP contribution in [0.25, 0.3) is 0 Å². The minimum Gasteiger partial charge on any atom is -0.326 e. The predicted molar refractivity (Wildman–Crippen MR) is 60.7 cm³/mol. The number of benzene rings is 1. The third-order valence-electron chi connectivity index (χ3n) is 2.72. The molecule has 1 aliphatic rings. The molecule has 4 heteroatoms. The van der Waals surface area contributed by atoms with E-state index in [4.69, 9.17) is 0 Å². The van der Waals surface area contributed by atoms with Gasteiger partial charge in [0.2, 0.25) is 5.91 Å². The molecule has 1 saturated heterocycles. The molecule has 0 radical (unpaired) electrons. The summed E-state index contributed by atoms with van der Waals surface area (Å²) < 4.78 is 12.6. The molecule has 1 unspecified atom stereocenters. The molecule has 0 aliphatic carbocycles. The summed E-state index contributed by atoms with van der Waals surface area (Å²) in [4.78, 5) is 11.6. The zero-order valence-electron chi connectivity index (χ0n) is 9.00. The fourth-order valence-electron chi connectivity index (χ4n) is 1.90. The second-order valence-electron chi connectivity index (χ2n) is 4.05. The Hall–Kier alpha value is -1.42. The lowest BCUT2D eigenvalue weighted by molar-refractivity contribution is -0.116. The summed E-state index contributed by atoms with van der Waals surface area (Å²) in [6, 6.07) is 6.10. The van der Waals surface area contributed by atoms with Crippen LogP contribution >= 0.6 is 0 Å². The average Bonchev–Trinajstić information content (AvgIpc) is 2.74. The Labute approximate surface area is 94.0 Å². The molecule has 1 aliphatic heterocycles. The van der Waals surface area contributed by atoms with Gasteiger partial charge in [-0.05, 0) is 43.7 Å². The van der Waals surface area contributed by atoms with Crippen molar-refractivity contribution in [2.45, 2.75) is 25.3 Å². The van der Waals surface area contributed by atoms with Gasteiger partial charge in [-0.3, -0.25) is 4.79 Å². The molecule has 1 fully saturated rings. The maximum atomic E-state index is 12.6. The first-order chi connectivity index (χ1) is 7.74. The maximum absolute atomic E-state index is 12.6. The number of hydrogen-bond acceptors (Lipinski definition) is 2. The standard InChI is InChI=1S/C12H15FN2O/c13-9-3-5-10(6-4-9)15-12(16)8-11-2-1-7-14-11/h3-6,11,14H,1-2,7-8H2,(H,15,16). The topological polar surface area (TPSA) is 41.1 Å². The normalized spacial score (nSPS) is 19.7. The third-order valence-corrected chi connectivity index (χ3v) is 2.72. The number of hydrogen-bond donors (Lipinski definition) is 2. The Bertz CT molecular complexity index is 358. The summed E-state index contributed by atoms with van der Waals surface area (Å²) in [7, 11) is 0. The zero-order valence-corrected chi connectivity index (χ0v) is 9.00. The highest BCUT2D eigenvalue weighted by atomic mass is 19.1. The Balaban J connectivity index is 1.84. The van der Waals surface area contributed by atoms with Gasteiger partial charge in [0.25, 0.3) is 0 Å². The highest BCUT2D eigenvalue weighted by molar-refractivity contribution is 5.91. The van der Waals surface area contributed by atoms with Crippen LogP contribution in [0.5, 0.6) is 0 Å². The van der Waals surface area contributed by atoms with Crippen molar-refractivity contribution < 1.29 is 9.18 Å². The van der Waals surface area contributed by atoms with E-state index in [1.807, 2.05) is 0 Å². The van der Waals surface area contributed by atoms with Gasteiger partial charge in [-0.2, -0.15) is 0 Å². The van der Waals surface area contributed by atoms with Crippen LogP contribution in [0.1, 0.15) is 19.3 Å². The van der Waals surface area contributed by atoms with Gasteiger partial charge in [0.15, 0.2) is 0 Å². The lowest BCUT2D eigenvalue weighted by Gasteiger charge is -2.10. The number of rotatable bonds is 3. The van der Waals surface area contributed by atoms with Gasteiger partial charge >= 0.3 is 0 Å². The van der Waals surface area contributed by atoms with E-state index in [-0.39, 0.29) is 11.7 Å². The van der Waals surface area contributed by atoms with E-state index in [0.717, 1.165) is 19.4 Å². The molecule has 0 aromatic heterocycles. The van der Waals surface area contributed by atoms with Crippen LogP contribution in [-0.4, -0.2) is 18.5 Å². The largest absolute Gasteiger partial charge is 0.326 e. The molecule has 0 spiro atoms. The van der Waals surface area contributed by atoms with E-state index in [1.165, 1.54) is 12.1 Å². The van der Waals surface area contributed by atoms with Gasteiger partial charge in [0, 0.05) is 18.2 Å². The molecular formula is C12H15FN2O. The summed E-state index contributed by atoms with van der Waals surface area (Å²) >= 11 is 0. The Kier molecular flexibility index (Phi) is 3.51. The lowest BCUT2D eigenvalue weighted by atomic mass is 10.1. The molecule has 1 aromatic carbocycles. The van der Waals surface area contributed by atoms with Gasteiger partial charge in [0.05, 0.1) is 0 Å². The van der Waals surface area contributed by atoms with E-state index in [2.05, 4.69) is 10.6 Å². The van der Waals surface area contributed by atoms with Crippen molar-refractivity contribution in [2.24, 2.45) is 0 Å². The fourth-order valence-corrected chi connectivity index (χ4v) is 1.90. The minimum atomic E-state index is -0.296. The molecule has 1 heterocycles. The third kappa shape index (κ3) is 3.03. The second kappa shape index (κ2) is 5.07. The van der Waals surface area contributed by atoms with E-state index < -0.39 is 0 Å². The molecule has 16 heavy (non-hydrogen) atoms. The number of halogens is 1. The van der Waals surface area contributed by atoms with Crippen molar-refractivity contribution >= 4 is 11.6 Å². The smallest absolute Gasteiger partial charge is 0.225 e. The average molecular weight is 222 g/mol. The van der Waals surface area contributed by atoms with Gasteiger partial charge in [0.1, 0.15) is 5.82 Å². The van der Waals surface area contributed by atoms with E-state index in [0.29, 0.717) is 18.2 Å². The SMILES string of the molecule is O=C(CC1CCCN1)Nc1ccc(F)cc1. The van der Waals surface area contributed by atoms with Gasteiger partial charge in [-0.25, -0.2) is 4.39 Å². The monoisotopic (exact) mass is 222 g/mol. The van der Waals surface area contributed by atoms with Crippen molar-refractivity contribution in [1.82, 2.24) is 5.32 Å². The maximum Gasteiger partial charge on any atom is 0.225 e. The van der Waals surface area contributed by atoms with Crippen LogP contribution in [0.4, 0.5) is 10.1 Å². The van der Waals surface area contributed by atoms with Crippen LogP contribution in [-0.2, 0) is 4.79 Å². The molecule has 3 nitrogen and oxygen atoms in total. The van der Waals surface area contributed by atoms with Crippen LogP contribution in [0, 0.1) is 5.82 Å².